The van der Waals surface area contributed by atoms with Gasteiger partial charge in [0.05, 0.1) is 6.61 Å². The predicted molar refractivity (Wildman–Crippen MR) is 102 cm³/mol. The summed E-state index contributed by atoms with van der Waals surface area (Å²) in [5.41, 5.74) is 0. The van der Waals surface area contributed by atoms with Crippen molar-refractivity contribution in [1.29, 1.82) is 0 Å². The lowest BCUT2D eigenvalue weighted by atomic mass is 10.1. The zero-order valence-corrected chi connectivity index (χ0v) is 16.2. The molecule has 1 N–H and O–H groups in total. The number of hydrogen-bond acceptors (Lipinski definition) is 5. The fourth-order valence-corrected chi connectivity index (χ4v) is 4.35. The molecule has 1 unspecified atom stereocenters. The highest BCUT2D eigenvalue weighted by molar-refractivity contribution is 5.74. The van der Waals surface area contributed by atoms with E-state index in [1.807, 2.05) is 4.90 Å². The molecule has 0 bridgehead atoms. The number of urea groups is 1. The van der Waals surface area contributed by atoms with Gasteiger partial charge >= 0.3 is 6.03 Å². The van der Waals surface area contributed by atoms with E-state index < -0.39 is 0 Å². The summed E-state index contributed by atoms with van der Waals surface area (Å²) in [6, 6.07) is 0.0504. The van der Waals surface area contributed by atoms with Crippen LogP contribution in [-0.4, -0.2) is 83.1 Å². The first-order chi connectivity index (χ1) is 13.3. The van der Waals surface area contributed by atoms with Crippen LogP contribution < -0.4 is 5.32 Å². The van der Waals surface area contributed by atoms with Crippen LogP contribution in [0.1, 0.15) is 37.3 Å². The molecule has 27 heavy (non-hydrogen) atoms. The standard InChI is InChI=1S/C19H32N6O2/c26-19(24-11-9-23(10-12-24)14-16-6-13-27-15-16)20-7-5-18-22-21-17-4-2-1-3-8-25(17)18/h16H,1-15H2,(H,20,26). The van der Waals surface area contributed by atoms with Crippen molar-refractivity contribution in [2.45, 2.75) is 45.1 Å². The number of aryl methyl sites for hydroxylation is 1. The molecule has 0 spiro atoms. The number of amides is 2. The van der Waals surface area contributed by atoms with Gasteiger partial charge in [-0.15, -0.1) is 10.2 Å². The van der Waals surface area contributed by atoms with E-state index in [1.54, 1.807) is 0 Å². The summed E-state index contributed by atoms with van der Waals surface area (Å²) >= 11 is 0. The largest absolute Gasteiger partial charge is 0.381 e. The average molecular weight is 377 g/mol. The first-order valence-electron chi connectivity index (χ1n) is 10.5. The van der Waals surface area contributed by atoms with Crippen molar-refractivity contribution in [3.05, 3.63) is 11.6 Å². The summed E-state index contributed by atoms with van der Waals surface area (Å²) in [4.78, 5) is 16.9. The second kappa shape index (κ2) is 9.01. The third-order valence-electron chi connectivity index (χ3n) is 6.01. The van der Waals surface area contributed by atoms with Crippen LogP contribution in [0, 0.1) is 5.92 Å². The van der Waals surface area contributed by atoms with Gasteiger partial charge in [-0.25, -0.2) is 4.79 Å². The maximum absolute atomic E-state index is 12.5. The highest BCUT2D eigenvalue weighted by atomic mass is 16.5. The Labute approximate surface area is 161 Å². The van der Waals surface area contributed by atoms with Crippen LogP contribution in [0.25, 0.3) is 0 Å². The number of piperazine rings is 1. The quantitative estimate of drug-likeness (QED) is 0.827. The van der Waals surface area contributed by atoms with Crippen molar-refractivity contribution in [2.24, 2.45) is 5.92 Å². The lowest BCUT2D eigenvalue weighted by Crippen LogP contribution is -2.52. The molecule has 0 aromatic carbocycles. The van der Waals surface area contributed by atoms with Crippen molar-refractivity contribution < 1.29 is 9.53 Å². The Bertz CT molecular complexity index is 620. The van der Waals surface area contributed by atoms with E-state index >= 15 is 0 Å². The van der Waals surface area contributed by atoms with E-state index in [1.165, 1.54) is 25.7 Å². The van der Waals surface area contributed by atoms with E-state index in [-0.39, 0.29) is 6.03 Å². The van der Waals surface area contributed by atoms with Gasteiger partial charge in [0.2, 0.25) is 0 Å². The van der Waals surface area contributed by atoms with Gasteiger partial charge in [-0.2, -0.15) is 0 Å². The molecule has 8 heteroatoms. The van der Waals surface area contributed by atoms with E-state index in [0.29, 0.717) is 12.5 Å². The third-order valence-corrected chi connectivity index (χ3v) is 6.01. The first kappa shape index (κ1) is 18.7. The zero-order valence-electron chi connectivity index (χ0n) is 16.2. The molecule has 150 valence electrons. The fraction of sp³-hybridized carbons (Fsp3) is 0.842. The molecule has 4 heterocycles. The van der Waals surface area contributed by atoms with Crippen LogP contribution in [-0.2, 0) is 24.1 Å². The molecule has 2 fully saturated rings. The van der Waals surface area contributed by atoms with Crippen LogP contribution in [0.2, 0.25) is 0 Å². The Morgan fingerprint density at radius 3 is 2.81 bits per heavy atom. The molecule has 3 aliphatic heterocycles. The van der Waals surface area contributed by atoms with Gasteiger partial charge in [0.1, 0.15) is 11.6 Å². The summed E-state index contributed by atoms with van der Waals surface area (Å²) in [6.45, 7) is 8.07. The average Bonchev–Trinajstić information content (AvgIpc) is 3.26. The summed E-state index contributed by atoms with van der Waals surface area (Å²) in [5.74, 6) is 2.79. The Hall–Kier alpha value is -1.67. The van der Waals surface area contributed by atoms with Gasteiger partial charge in [-0.05, 0) is 25.2 Å². The van der Waals surface area contributed by atoms with Gasteiger partial charge in [0.25, 0.3) is 0 Å². The number of hydrogen-bond donors (Lipinski definition) is 1. The second-order valence-corrected chi connectivity index (χ2v) is 7.99. The number of nitrogens with zero attached hydrogens (tertiary/aromatic N) is 5. The molecular weight excluding hydrogens is 344 g/mol. The number of aromatic nitrogens is 3. The van der Waals surface area contributed by atoms with Gasteiger partial charge in [-0.3, -0.25) is 4.90 Å². The minimum absolute atomic E-state index is 0.0504. The summed E-state index contributed by atoms with van der Waals surface area (Å²) in [5, 5.41) is 11.7. The molecule has 2 saturated heterocycles. The topological polar surface area (TPSA) is 75.5 Å². The first-order valence-corrected chi connectivity index (χ1v) is 10.5. The Kier molecular flexibility index (Phi) is 6.24. The lowest BCUT2D eigenvalue weighted by Gasteiger charge is -2.35. The van der Waals surface area contributed by atoms with Crippen LogP contribution in [0.15, 0.2) is 0 Å². The molecule has 2 amide bonds. The monoisotopic (exact) mass is 376 g/mol. The number of carbonyl (C=O) groups is 1. The maximum atomic E-state index is 12.5. The van der Waals surface area contributed by atoms with Gasteiger partial charge < -0.3 is 19.5 Å². The molecule has 1 aromatic heterocycles. The van der Waals surface area contributed by atoms with Crippen LogP contribution in [0.4, 0.5) is 4.79 Å². The summed E-state index contributed by atoms with van der Waals surface area (Å²) in [7, 11) is 0. The van der Waals surface area contributed by atoms with Crippen molar-refractivity contribution in [3.8, 4) is 0 Å². The minimum Gasteiger partial charge on any atom is -0.381 e. The van der Waals surface area contributed by atoms with Crippen LogP contribution in [0.5, 0.6) is 0 Å². The Balaban J connectivity index is 1.17. The number of nitrogens with one attached hydrogen (secondary N) is 1. The van der Waals surface area contributed by atoms with E-state index in [2.05, 4.69) is 25.0 Å². The highest BCUT2D eigenvalue weighted by Crippen LogP contribution is 2.16. The molecular formula is C19H32N6O2. The van der Waals surface area contributed by atoms with Crippen LogP contribution in [0.3, 0.4) is 0 Å². The van der Waals surface area contributed by atoms with Crippen molar-refractivity contribution >= 4 is 6.03 Å². The number of fused-ring (bicyclic) bond motifs is 1. The third kappa shape index (κ3) is 4.79. The SMILES string of the molecule is O=C(NCCc1nnc2n1CCCCC2)N1CCN(CC2CCOC2)CC1. The van der Waals surface area contributed by atoms with Crippen molar-refractivity contribution in [1.82, 2.24) is 29.9 Å². The van der Waals surface area contributed by atoms with Crippen LogP contribution >= 0.6 is 0 Å². The normalized spacial score (nSPS) is 23.9. The molecule has 0 aliphatic carbocycles. The molecule has 0 radical (unpaired) electrons. The Morgan fingerprint density at radius 2 is 2.00 bits per heavy atom. The Morgan fingerprint density at radius 1 is 1.11 bits per heavy atom. The number of ether oxygens (including phenoxy) is 1. The lowest BCUT2D eigenvalue weighted by molar-refractivity contribution is 0.120. The highest BCUT2D eigenvalue weighted by Gasteiger charge is 2.24. The van der Waals surface area contributed by atoms with Gasteiger partial charge in [0, 0.05) is 65.3 Å². The van der Waals surface area contributed by atoms with Crippen molar-refractivity contribution in [3.63, 3.8) is 0 Å². The summed E-state index contributed by atoms with van der Waals surface area (Å²) in [6.07, 6.45) is 6.61. The van der Waals surface area contributed by atoms with Gasteiger partial charge in [0.15, 0.2) is 0 Å². The molecule has 4 rings (SSSR count). The maximum Gasteiger partial charge on any atom is 0.317 e. The number of carbonyl (C=O) groups excluding carboxylic acids is 1. The van der Waals surface area contributed by atoms with E-state index in [9.17, 15) is 4.79 Å². The van der Waals surface area contributed by atoms with E-state index in [4.69, 9.17) is 4.74 Å². The fourth-order valence-electron chi connectivity index (χ4n) is 4.35. The molecule has 3 aliphatic rings. The summed E-state index contributed by atoms with van der Waals surface area (Å²) < 4.78 is 7.72. The zero-order chi connectivity index (χ0) is 18.5. The predicted octanol–water partition coefficient (Wildman–Crippen LogP) is 0.911. The molecule has 0 saturated carbocycles. The number of rotatable bonds is 5. The van der Waals surface area contributed by atoms with Gasteiger partial charge in [-0.1, -0.05) is 6.42 Å². The second-order valence-electron chi connectivity index (χ2n) is 7.99. The van der Waals surface area contributed by atoms with E-state index in [0.717, 1.165) is 77.0 Å². The van der Waals surface area contributed by atoms with Crippen molar-refractivity contribution in [2.75, 3.05) is 52.5 Å². The molecule has 8 nitrogen and oxygen atoms in total. The smallest absolute Gasteiger partial charge is 0.317 e. The molecule has 1 aromatic rings. The molecule has 1 atom stereocenters. The minimum atomic E-state index is 0.0504.